The Morgan fingerprint density at radius 1 is 1.19 bits per heavy atom. The van der Waals surface area contributed by atoms with E-state index < -0.39 is 29.9 Å². The number of carbonyl (C=O) groups is 1. The average Bonchev–Trinajstić information content (AvgIpc) is 3.44. The SMILES string of the molecule is COc1ccccc1-c1cc(C(F)F)n2ncc(C(=O)NCCCn3nc(C(F)(F)F)cc3C)c2n1. The van der Waals surface area contributed by atoms with Gasteiger partial charge in [-0.2, -0.15) is 23.4 Å². The molecule has 0 fully saturated rings. The van der Waals surface area contributed by atoms with E-state index in [-0.39, 0.29) is 36.4 Å². The Balaban J connectivity index is 1.54. The second kappa shape index (κ2) is 9.91. The van der Waals surface area contributed by atoms with Crippen molar-refractivity contribution in [3.05, 3.63) is 65.2 Å². The first kappa shape index (κ1) is 25.1. The summed E-state index contributed by atoms with van der Waals surface area (Å²) >= 11 is 0. The van der Waals surface area contributed by atoms with Crippen LogP contribution in [0.3, 0.4) is 0 Å². The van der Waals surface area contributed by atoms with Crippen LogP contribution in [-0.4, -0.2) is 43.9 Å². The number of nitrogens with one attached hydrogen (secondary N) is 1. The minimum Gasteiger partial charge on any atom is -0.496 e. The highest BCUT2D eigenvalue weighted by Crippen LogP contribution is 2.32. The number of para-hydroxylation sites is 1. The molecule has 0 saturated heterocycles. The maximum absolute atomic E-state index is 13.8. The van der Waals surface area contributed by atoms with Gasteiger partial charge in [0.1, 0.15) is 17.0 Å². The third-order valence-corrected chi connectivity index (χ3v) is 5.45. The molecule has 0 bridgehead atoms. The molecule has 0 saturated carbocycles. The van der Waals surface area contributed by atoms with E-state index in [1.807, 2.05) is 0 Å². The van der Waals surface area contributed by atoms with Crippen molar-refractivity contribution in [3.63, 3.8) is 0 Å². The van der Waals surface area contributed by atoms with Crippen molar-refractivity contribution in [1.82, 2.24) is 29.7 Å². The van der Waals surface area contributed by atoms with Gasteiger partial charge in [-0.3, -0.25) is 9.48 Å². The van der Waals surface area contributed by atoms with Crippen LogP contribution in [0.2, 0.25) is 0 Å². The van der Waals surface area contributed by atoms with Crippen LogP contribution in [-0.2, 0) is 12.7 Å². The van der Waals surface area contributed by atoms with Gasteiger partial charge in [0, 0.05) is 24.3 Å². The third kappa shape index (κ3) is 4.99. The molecule has 4 rings (SSSR count). The standard InChI is InChI=1S/C23H21F5N6O2/c1-13-10-19(23(26,27)28)32-33(13)9-5-8-29-22(35)15-12-30-34-17(20(24)25)11-16(31-21(15)34)14-6-3-4-7-18(14)36-2/h3-4,6-7,10-12,20H,5,8-9H2,1-2H3,(H,29,35). The van der Waals surface area contributed by atoms with E-state index in [2.05, 4.69) is 20.5 Å². The van der Waals surface area contributed by atoms with E-state index in [0.717, 1.165) is 16.8 Å². The van der Waals surface area contributed by atoms with Crippen LogP contribution < -0.4 is 10.1 Å². The van der Waals surface area contributed by atoms with Crippen LogP contribution in [0.15, 0.2) is 42.6 Å². The topological polar surface area (TPSA) is 86.3 Å². The minimum absolute atomic E-state index is 0.0247. The maximum Gasteiger partial charge on any atom is 0.435 e. The molecule has 1 aromatic carbocycles. The van der Waals surface area contributed by atoms with Gasteiger partial charge < -0.3 is 10.1 Å². The highest BCUT2D eigenvalue weighted by Gasteiger charge is 2.34. The molecule has 0 spiro atoms. The van der Waals surface area contributed by atoms with Crippen molar-refractivity contribution in [2.75, 3.05) is 13.7 Å². The Hall–Kier alpha value is -4.03. The summed E-state index contributed by atoms with van der Waals surface area (Å²) in [4.78, 5) is 17.2. The molecule has 0 unspecified atom stereocenters. The monoisotopic (exact) mass is 508 g/mol. The summed E-state index contributed by atoms with van der Waals surface area (Å²) in [5.74, 6) is -0.189. The fourth-order valence-electron chi connectivity index (χ4n) is 3.70. The second-order valence-corrected chi connectivity index (χ2v) is 7.86. The summed E-state index contributed by atoms with van der Waals surface area (Å²) in [6, 6.07) is 8.88. The number of halogens is 5. The lowest BCUT2D eigenvalue weighted by molar-refractivity contribution is -0.141. The fourth-order valence-corrected chi connectivity index (χ4v) is 3.70. The van der Waals surface area contributed by atoms with Crippen molar-refractivity contribution in [2.24, 2.45) is 0 Å². The summed E-state index contributed by atoms with van der Waals surface area (Å²) in [5, 5.41) is 10.1. The number of ether oxygens (including phenoxy) is 1. The van der Waals surface area contributed by atoms with E-state index >= 15 is 0 Å². The molecular weight excluding hydrogens is 487 g/mol. The second-order valence-electron chi connectivity index (χ2n) is 7.86. The van der Waals surface area contributed by atoms with Gasteiger partial charge in [0.15, 0.2) is 11.3 Å². The first-order valence-corrected chi connectivity index (χ1v) is 10.8. The van der Waals surface area contributed by atoms with Crippen LogP contribution in [0.1, 0.15) is 40.3 Å². The summed E-state index contributed by atoms with van der Waals surface area (Å²) in [6.07, 6.45) is -6.01. The van der Waals surface area contributed by atoms with Gasteiger partial charge in [0.2, 0.25) is 0 Å². The molecule has 1 amide bonds. The summed E-state index contributed by atoms with van der Waals surface area (Å²) < 4.78 is 73.5. The average molecular weight is 508 g/mol. The predicted octanol–water partition coefficient (Wildman–Crippen LogP) is 4.69. The van der Waals surface area contributed by atoms with Crippen LogP contribution in [0, 0.1) is 6.92 Å². The fraction of sp³-hybridized carbons (Fsp3) is 0.304. The number of nitrogens with zero attached hydrogens (tertiary/aromatic N) is 5. The van der Waals surface area contributed by atoms with Gasteiger partial charge >= 0.3 is 6.18 Å². The van der Waals surface area contributed by atoms with E-state index in [0.29, 0.717) is 17.0 Å². The number of aromatic nitrogens is 5. The van der Waals surface area contributed by atoms with Gasteiger partial charge in [-0.1, -0.05) is 12.1 Å². The summed E-state index contributed by atoms with van der Waals surface area (Å²) in [6.45, 7) is 1.75. The largest absolute Gasteiger partial charge is 0.496 e. The molecule has 1 N–H and O–H groups in total. The first-order chi connectivity index (χ1) is 17.1. The quantitative estimate of drug-likeness (QED) is 0.276. The number of amides is 1. The predicted molar refractivity (Wildman–Crippen MR) is 119 cm³/mol. The van der Waals surface area contributed by atoms with E-state index in [1.54, 1.807) is 24.3 Å². The van der Waals surface area contributed by atoms with E-state index in [4.69, 9.17) is 4.74 Å². The first-order valence-electron chi connectivity index (χ1n) is 10.8. The lowest BCUT2D eigenvalue weighted by atomic mass is 10.1. The highest BCUT2D eigenvalue weighted by molar-refractivity contribution is 5.99. The van der Waals surface area contributed by atoms with Gasteiger partial charge in [-0.15, -0.1) is 0 Å². The zero-order valence-corrected chi connectivity index (χ0v) is 19.2. The molecule has 0 aliphatic rings. The lowest BCUT2D eigenvalue weighted by Crippen LogP contribution is -2.25. The Bertz CT molecular complexity index is 1400. The molecule has 36 heavy (non-hydrogen) atoms. The molecule has 3 heterocycles. The summed E-state index contributed by atoms with van der Waals surface area (Å²) in [7, 11) is 1.44. The number of carbonyl (C=O) groups excluding carboxylic acids is 1. The number of alkyl halides is 5. The van der Waals surface area contributed by atoms with Gasteiger partial charge in [0.05, 0.1) is 19.0 Å². The van der Waals surface area contributed by atoms with E-state index in [9.17, 15) is 26.7 Å². The van der Waals surface area contributed by atoms with Crippen LogP contribution in [0.25, 0.3) is 16.9 Å². The molecular formula is C23H21F5N6O2. The van der Waals surface area contributed by atoms with Crippen molar-refractivity contribution < 1.29 is 31.5 Å². The Morgan fingerprint density at radius 3 is 2.61 bits per heavy atom. The normalized spacial score (nSPS) is 11.9. The number of benzene rings is 1. The molecule has 190 valence electrons. The van der Waals surface area contributed by atoms with E-state index in [1.165, 1.54) is 24.8 Å². The molecule has 0 aliphatic heterocycles. The number of fused-ring (bicyclic) bond motifs is 1. The maximum atomic E-state index is 13.8. The number of rotatable bonds is 8. The van der Waals surface area contributed by atoms with Gasteiger partial charge in [-0.05, 0) is 37.6 Å². The van der Waals surface area contributed by atoms with Crippen molar-refractivity contribution >= 4 is 11.6 Å². The zero-order valence-electron chi connectivity index (χ0n) is 19.2. The van der Waals surface area contributed by atoms with Crippen molar-refractivity contribution in [1.29, 1.82) is 0 Å². The Kier molecular flexibility index (Phi) is 6.91. The molecule has 0 aliphatic carbocycles. The smallest absolute Gasteiger partial charge is 0.435 e. The minimum atomic E-state index is -4.54. The Morgan fingerprint density at radius 2 is 1.94 bits per heavy atom. The Labute approximate surface area is 201 Å². The third-order valence-electron chi connectivity index (χ3n) is 5.45. The van der Waals surface area contributed by atoms with Crippen LogP contribution in [0.5, 0.6) is 5.75 Å². The highest BCUT2D eigenvalue weighted by atomic mass is 19.4. The number of aryl methyl sites for hydroxylation is 2. The molecule has 3 aromatic heterocycles. The van der Waals surface area contributed by atoms with Crippen LogP contribution in [0.4, 0.5) is 22.0 Å². The van der Waals surface area contributed by atoms with Gasteiger partial charge in [-0.25, -0.2) is 18.3 Å². The van der Waals surface area contributed by atoms with Crippen LogP contribution >= 0.6 is 0 Å². The van der Waals surface area contributed by atoms with Crippen molar-refractivity contribution in [2.45, 2.75) is 32.5 Å². The molecule has 13 heteroatoms. The van der Waals surface area contributed by atoms with Crippen molar-refractivity contribution in [3.8, 4) is 17.0 Å². The number of hydrogen-bond acceptors (Lipinski definition) is 5. The number of hydrogen-bond donors (Lipinski definition) is 1. The molecule has 0 radical (unpaired) electrons. The zero-order chi connectivity index (χ0) is 26.0. The molecule has 8 nitrogen and oxygen atoms in total. The molecule has 0 atom stereocenters. The number of methoxy groups -OCH3 is 1. The summed E-state index contributed by atoms with van der Waals surface area (Å²) in [5.41, 5.74) is -0.544. The lowest BCUT2D eigenvalue weighted by Gasteiger charge is -2.11. The molecule has 4 aromatic rings. The van der Waals surface area contributed by atoms with Gasteiger partial charge in [0.25, 0.3) is 12.3 Å².